The van der Waals surface area contributed by atoms with E-state index in [2.05, 4.69) is 15.1 Å². The van der Waals surface area contributed by atoms with Gasteiger partial charge in [-0.05, 0) is 23.9 Å². The summed E-state index contributed by atoms with van der Waals surface area (Å²) in [6.45, 7) is 0. The Morgan fingerprint density at radius 2 is 2.31 bits per heavy atom. The Bertz CT molecular complexity index is 526. The van der Waals surface area contributed by atoms with Crippen LogP contribution in [0.1, 0.15) is 10.4 Å². The smallest absolute Gasteiger partial charge is 0.335 e. The molecule has 2 rings (SSSR count). The third kappa shape index (κ3) is 2.19. The maximum absolute atomic E-state index is 10.8. The lowest BCUT2D eigenvalue weighted by Gasteiger charge is -2.00. The first-order valence-corrected chi connectivity index (χ1v) is 5.19. The van der Waals surface area contributed by atoms with Gasteiger partial charge in [-0.25, -0.2) is 19.4 Å². The van der Waals surface area contributed by atoms with Gasteiger partial charge >= 0.3 is 5.97 Å². The van der Waals surface area contributed by atoms with Crippen molar-refractivity contribution >= 4 is 17.7 Å². The topological polar surface area (TPSA) is 80.9 Å². The van der Waals surface area contributed by atoms with E-state index < -0.39 is 5.97 Å². The molecule has 0 aliphatic rings. The highest BCUT2D eigenvalue weighted by Crippen LogP contribution is 2.23. The molecule has 0 bridgehead atoms. The first kappa shape index (κ1) is 10.6. The van der Waals surface area contributed by atoms with Crippen molar-refractivity contribution < 1.29 is 9.90 Å². The maximum atomic E-state index is 10.8. The number of carboxylic acids is 1. The highest BCUT2D eigenvalue weighted by molar-refractivity contribution is 7.99. The Hall–Kier alpha value is -1.89. The molecule has 82 valence electrons. The summed E-state index contributed by atoms with van der Waals surface area (Å²) in [7, 11) is 1.76. The van der Waals surface area contributed by atoms with Crippen molar-refractivity contribution in [3.63, 3.8) is 0 Å². The van der Waals surface area contributed by atoms with Gasteiger partial charge in [0.25, 0.3) is 0 Å². The highest BCUT2D eigenvalue weighted by atomic mass is 32.2. The van der Waals surface area contributed by atoms with E-state index in [0.717, 1.165) is 0 Å². The van der Waals surface area contributed by atoms with E-state index in [1.165, 1.54) is 36.4 Å². The number of hydrogen-bond donors (Lipinski definition) is 1. The van der Waals surface area contributed by atoms with Crippen LogP contribution in [-0.4, -0.2) is 30.8 Å². The third-order valence-corrected chi connectivity index (χ3v) is 2.83. The molecule has 6 nitrogen and oxygen atoms in total. The number of hydrogen-bond acceptors (Lipinski definition) is 5. The van der Waals surface area contributed by atoms with Gasteiger partial charge < -0.3 is 5.11 Å². The summed E-state index contributed by atoms with van der Waals surface area (Å²) in [6.07, 6.45) is 2.89. The van der Waals surface area contributed by atoms with Crippen molar-refractivity contribution in [3.8, 4) is 0 Å². The van der Waals surface area contributed by atoms with Gasteiger partial charge in [0.2, 0.25) is 0 Å². The number of nitrogens with zero attached hydrogens (tertiary/aromatic N) is 4. The summed E-state index contributed by atoms with van der Waals surface area (Å²) < 4.78 is 1.60. The molecule has 0 aliphatic heterocycles. The largest absolute Gasteiger partial charge is 0.478 e. The van der Waals surface area contributed by atoms with Crippen LogP contribution in [0.25, 0.3) is 0 Å². The first-order valence-electron chi connectivity index (χ1n) is 4.38. The molecule has 2 aromatic rings. The molecular weight excluding hydrogens is 228 g/mol. The SMILES string of the molecule is Cn1ncnc1Sc1cc(C(=O)O)ccn1. The van der Waals surface area contributed by atoms with Crippen LogP contribution < -0.4 is 0 Å². The summed E-state index contributed by atoms with van der Waals surface area (Å²) in [5.74, 6) is -0.970. The lowest BCUT2D eigenvalue weighted by atomic mass is 10.3. The average molecular weight is 236 g/mol. The molecule has 0 fully saturated rings. The van der Waals surface area contributed by atoms with Crippen molar-refractivity contribution in [1.29, 1.82) is 0 Å². The zero-order valence-electron chi connectivity index (χ0n) is 8.36. The number of carbonyl (C=O) groups is 1. The molecule has 0 unspecified atom stereocenters. The molecule has 2 heterocycles. The van der Waals surface area contributed by atoms with Gasteiger partial charge in [0.05, 0.1) is 5.56 Å². The van der Waals surface area contributed by atoms with E-state index in [4.69, 9.17) is 5.11 Å². The van der Waals surface area contributed by atoms with E-state index >= 15 is 0 Å². The predicted molar refractivity (Wildman–Crippen MR) is 56.3 cm³/mol. The van der Waals surface area contributed by atoms with Crippen LogP contribution in [0.2, 0.25) is 0 Å². The van der Waals surface area contributed by atoms with Crippen LogP contribution in [0.4, 0.5) is 0 Å². The molecular formula is C9H8N4O2S. The fourth-order valence-electron chi connectivity index (χ4n) is 1.07. The Balaban J connectivity index is 2.25. The summed E-state index contributed by atoms with van der Waals surface area (Å²) in [6, 6.07) is 2.95. The quantitative estimate of drug-likeness (QED) is 0.858. The minimum atomic E-state index is -0.970. The molecule has 2 aromatic heterocycles. The molecule has 1 N–H and O–H groups in total. The van der Waals surface area contributed by atoms with E-state index in [1.807, 2.05) is 0 Å². The number of pyridine rings is 1. The van der Waals surface area contributed by atoms with E-state index in [9.17, 15) is 4.79 Å². The van der Waals surface area contributed by atoms with Crippen LogP contribution in [0.15, 0.2) is 34.8 Å². The molecule has 0 saturated heterocycles. The van der Waals surface area contributed by atoms with Crippen molar-refractivity contribution in [2.75, 3.05) is 0 Å². The zero-order valence-corrected chi connectivity index (χ0v) is 9.18. The Morgan fingerprint density at radius 1 is 1.50 bits per heavy atom. The molecule has 16 heavy (non-hydrogen) atoms. The summed E-state index contributed by atoms with van der Waals surface area (Å²) >= 11 is 1.27. The fraction of sp³-hybridized carbons (Fsp3) is 0.111. The monoisotopic (exact) mass is 236 g/mol. The number of aromatic carboxylic acids is 1. The Morgan fingerprint density at radius 3 is 2.94 bits per heavy atom. The fourth-order valence-corrected chi connectivity index (χ4v) is 1.84. The van der Waals surface area contributed by atoms with Crippen molar-refractivity contribution in [2.45, 2.75) is 10.2 Å². The molecule has 0 spiro atoms. The van der Waals surface area contributed by atoms with Gasteiger partial charge in [-0.2, -0.15) is 5.10 Å². The Labute approximate surface area is 95.3 Å². The minimum Gasteiger partial charge on any atom is -0.478 e. The molecule has 0 aliphatic carbocycles. The lowest BCUT2D eigenvalue weighted by Crippen LogP contribution is -1.97. The van der Waals surface area contributed by atoms with Gasteiger partial charge in [0, 0.05) is 13.2 Å². The van der Waals surface area contributed by atoms with E-state index in [0.29, 0.717) is 10.2 Å². The number of aryl methyl sites for hydroxylation is 1. The minimum absolute atomic E-state index is 0.208. The Kier molecular flexibility index (Phi) is 2.86. The van der Waals surface area contributed by atoms with Gasteiger partial charge in [-0.1, -0.05) is 0 Å². The molecule has 0 aromatic carbocycles. The van der Waals surface area contributed by atoms with Crippen LogP contribution >= 0.6 is 11.8 Å². The number of carboxylic acid groups (broad SMARTS) is 1. The molecule has 0 saturated carbocycles. The third-order valence-electron chi connectivity index (χ3n) is 1.85. The van der Waals surface area contributed by atoms with Crippen LogP contribution in [0, 0.1) is 0 Å². The van der Waals surface area contributed by atoms with Crippen molar-refractivity contribution in [3.05, 3.63) is 30.2 Å². The van der Waals surface area contributed by atoms with E-state index in [-0.39, 0.29) is 5.56 Å². The van der Waals surface area contributed by atoms with Crippen molar-refractivity contribution in [1.82, 2.24) is 19.7 Å². The number of rotatable bonds is 3. The lowest BCUT2D eigenvalue weighted by molar-refractivity contribution is 0.0696. The van der Waals surface area contributed by atoms with Crippen LogP contribution in [0.3, 0.4) is 0 Å². The summed E-state index contributed by atoms with van der Waals surface area (Å²) in [4.78, 5) is 18.8. The second-order valence-electron chi connectivity index (χ2n) is 2.96. The summed E-state index contributed by atoms with van der Waals surface area (Å²) in [5.41, 5.74) is 0.208. The molecule has 0 radical (unpaired) electrons. The molecule has 7 heteroatoms. The maximum Gasteiger partial charge on any atom is 0.335 e. The molecule has 0 atom stereocenters. The summed E-state index contributed by atoms with van der Waals surface area (Å²) in [5, 5.41) is 14.0. The predicted octanol–water partition coefficient (Wildman–Crippen LogP) is 1.06. The van der Waals surface area contributed by atoms with Crippen molar-refractivity contribution in [2.24, 2.45) is 7.05 Å². The van der Waals surface area contributed by atoms with Gasteiger partial charge in [0.1, 0.15) is 11.4 Å². The van der Waals surface area contributed by atoms with Crippen LogP contribution in [-0.2, 0) is 7.05 Å². The normalized spacial score (nSPS) is 10.3. The standard InChI is InChI=1S/C9H8N4O2S/c1-13-9(11-5-12-13)16-7-4-6(8(14)15)2-3-10-7/h2-5H,1H3,(H,14,15). The van der Waals surface area contributed by atoms with Gasteiger partial charge in [-0.15, -0.1) is 0 Å². The molecule has 0 amide bonds. The van der Waals surface area contributed by atoms with Gasteiger partial charge in [0.15, 0.2) is 5.16 Å². The number of aromatic nitrogens is 4. The highest BCUT2D eigenvalue weighted by Gasteiger charge is 2.08. The second kappa shape index (κ2) is 4.31. The zero-order chi connectivity index (χ0) is 11.5. The van der Waals surface area contributed by atoms with Crippen LogP contribution in [0.5, 0.6) is 0 Å². The van der Waals surface area contributed by atoms with Gasteiger partial charge in [-0.3, -0.25) is 0 Å². The average Bonchev–Trinajstić information content (AvgIpc) is 2.65. The van der Waals surface area contributed by atoms with E-state index in [1.54, 1.807) is 11.7 Å². The first-order chi connectivity index (χ1) is 7.66. The second-order valence-corrected chi connectivity index (χ2v) is 3.94.